The summed E-state index contributed by atoms with van der Waals surface area (Å²) in [5.41, 5.74) is 9.30. The largest absolute Gasteiger partial charge is 0.346 e. The quantitative estimate of drug-likeness (QED) is 0.428. The van der Waals surface area contributed by atoms with Crippen molar-refractivity contribution in [2.45, 2.75) is 51.5 Å². The van der Waals surface area contributed by atoms with E-state index in [1.807, 2.05) is 37.6 Å². The number of benzene rings is 1. The number of carbonyl (C=O) groups is 1. The molecule has 1 aliphatic heterocycles. The second-order valence-corrected chi connectivity index (χ2v) is 9.27. The van der Waals surface area contributed by atoms with E-state index in [1.165, 1.54) is 12.0 Å². The van der Waals surface area contributed by atoms with Gasteiger partial charge in [0.25, 0.3) is 5.91 Å². The van der Waals surface area contributed by atoms with Crippen molar-refractivity contribution in [1.29, 1.82) is 0 Å². The van der Waals surface area contributed by atoms with Gasteiger partial charge in [-0.3, -0.25) is 9.78 Å². The molecule has 0 atom stereocenters. The number of amides is 1. The van der Waals surface area contributed by atoms with Crippen LogP contribution in [-0.4, -0.2) is 20.9 Å². The van der Waals surface area contributed by atoms with Gasteiger partial charge in [-0.1, -0.05) is 25.3 Å². The molecule has 160 valence electrons. The van der Waals surface area contributed by atoms with Gasteiger partial charge >= 0.3 is 0 Å². The Balaban J connectivity index is 1.50. The molecule has 5 nitrogen and oxygen atoms in total. The minimum atomic E-state index is -0.194. The molecule has 1 fully saturated rings. The summed E-state index contributed by atoms with van der Waals surface area (Å²) in [4.78, 5) is 25.2. The van der Waals surface area contributed by atoms with Gasteiger partial charge in [-0.2, -0.15) is 0 Å². The maximum Gasteiger partial charge on any atom is 0.252 e. The van der Waals surface area contributed by atoms with E-state index in [0.29, 0.717) is 0 Å². The number of hydrogen-bond donors (Lipinski definition) is 2. The first-order chi connectivity index (χ1) is 15.6. The van der Waals surface area contributed by atoms with Crippen LogP contribution in [0, 0.1) is 13.8 Å². The molecule has 0 saturated heterocycles. The molecule has 32 heavy (non-hydrogen) atoms. The maximum atomic E-state index is 12.7. The second-order valence-electron chi connectivity index (χ2n) is 9.27. The zero-order valence-corrected chi connectivity index (χ0v) is 18.5. The maximum absolute atomic E-state index is 12.7. The van der Waals surface area contributed by atoms with Crippen LogP contribution in [0.5, 0.6) is 0 Å². The number of nitrogens with zero attached hydrogens (tertiary/aromatic N) is 2. The van der Waals surface area contributed by atoms with Crippen LogP contribution >= 0.6 is 0 Å². The molecule has 2 N–H and O–H groups in total. The molecule has 5 heteroatoms. The Morgan fingerprint density at radius 1 is 0.938 bits per heavy atom. The van der Waals surface area contributed by atoms with Crippen molar-refractivity contribution < 1.29 is 4.79 Å². The summed E-state index contributed by atoms with van der Waals surface area (Å²) in [5.74, 6) is 0.0684. The highest BCUT2D eigenvalue weighted by atomic mass is 16.2. The van der Waals surface area contributed by atoms with Crippen LogP contribution in [0.3, 0.4) is 0 Å². The summed E-state index contributed by atoms with van der Waals surface area (Å²) in [6, 6.07) is 10.5. The summed E-state index contributed by atoms with van der Waals surface area (Å²) in [7, 11) is 0. The molecule has 0 radical (unpaired) electrons. The molecule has 1 spiro atoms. The predicted octanol–water partition coefficient (Wildman–Crippen LogP) is 5.81. The third kappa shape index (κ3) is 2.80. The number of carbonyl (C=O) groups excluding carboxylic acids is 1. The topological polar surface area (TPSA) is 70.7 Å². The summed E-state index contributed by atoms with van der Waals surface area (Å²) >= 11 is 0. The van der Waals surface area contributed by atoms with Crippen LogP contribution in [0.4, 0.5) is 0 Å². The van der Waals surface area contributed by atoms with Crippen molar-refractivity contribution in [2.75, 3.05) is 0 Å². The molecular weight excluding hydrogens is 396 g/mol. The molecule has 0 unspecified atom stereocenters. The number of aromatic nitrogens is 3. The van der Waals surface area contributed by atoms with E-state index in [-0.39, 0.29) is 11.4 Å². The normalized spacial score (nSPS) is 17.0. The number of hydrogen-bond acceptors (Lipinski definition) is 3. The van der Waals surface area contributed by atoms with Crippen LogP contribution < -0.4 is 5.32 Å². The Morgan fingerprint density at radius 2 is 1.78 bits per heavy atom. The fourth-order valence-corrected chi connectivity index (χ4v) is 5.72. The summed E-state index contributed by atoms with van der Waals surface area (Å²) < 4.78 is 0. The predicted molar refractivity (Wildman–Crippen MR) is 126 cm³/mol. The number of H-pyrrole nitrogens is 1. The average molecular weight is 423 g/mol. The fourth-order valence-electron chi connectivity index (χ4n) is 5.72. The van der Waals surface area contributed by atoms with Gasteiger partial charge in [-0.05, 0) is 67.6 Å². The van der Waals surface area contributed by atoms with E-state index in [9.17, 15) is 4.79 Å². The standard InChI is InChI=1S/C27H26N4O/c1-16-8-11-28-17(2)24(16)19-12-21-22(15-30-25(21)29-14-19)18-6-7-20-23(13-18)27(31-26(20)32)9-4-3-5-10-27/h6-8,11-15H,3-5,9-10H2,1-2H3,(H,29,30)(H,31,32). The Morgan fingerprint density at radius 3 is 2.59 bits per heavy atom. The Bertz CT molecular complexity index is 1360. The van der Waals surface area contributed by atoms with Crippen LogP contribution in [0.25, 0.3) is 33.3 Å². The fraction of sp³-hybridized carbons (Fsp3) is 0.296. The molecule has 6 rings (SSSR count). The first kappa shape index (κ1) is 19.2. The minimum absolute atomic E-state index is 0.0684. The molecule has 4 heterocycles. The molecule has 4 aromatic rings. The van der Waals surface area contributed by atoms with Gasteiger partial charge in [0.2, 0.25) is 0 Å². The lowest BCUT2D eigenvalue weighted by molar-refractivity contribution is 0.0909. The Kier molecular flexibility index (Phi) is 4.22. The smallest absolute Gasteiger partial charge is 0.252 e. The highest BCUT2D eigenvalue weighted by molar-refractivity contribution is 6.02. The van der Waals surface area contributed by atoms with Crippen LogP contribution in [0.2, 0.25) is 0 Å². The van der Waals surface area contributed by atoms with Crippen LogP contribution in [-0.2, 0) is 5.54 Å². The van der Waals surface area contributed by atoms with Crippen molar-refractivity contribution in [3.63, 3.8) is 0 Å². The van der Waals surface area contributed by atoms with Crippen LogP contribution in [0.15, 0.2) is 48.9 Å². The third-order valence-electron chi connectivity index (χ3n) is 7.32. The van der Waals surface area contributed by atoms with E-state index < -0.39 is 0 Å². The lowest BCUT2D eigenvalue weighted by atomic mass is 9.77. The summed E-state index contributed by atoms with van der Waals surface area (Å²) in [5, 5.41) is 4.40. The number of fused-ring (bicyclic) bond motifs is 3. The number of rotatable bonds is 2. The van der Waals surface area contributed by atoms with E-state index >= 15 is 0 Å². The second kappa shape index (κ2) is 7.02. The van der Waals surface area contributed by atoms with Gasteiger partial charge in [0, 0.05) is 51.9 Å². The monoisotopic (exact) mass is 422 g/mol. The molecule has 1 saturated carbocycles. The lowest BCUT2D eigenvalue weighted by Crippen LogP contribution is -2.40. The molecule has 0 bridgehead atoms. The van der Waals surface area contributed by atoms with Gasteiger partial charge in [-0.15, -0.1) is 0 Å². The lowest BCUT2D eigenvalue weighted by Gasteiger charge is -2.34. The molecule has 1 aromatic carbocycles. The van der Waals surface area contributed by atoms with Gasteiger partial charge in [0.1, 0.15) is 5.65 Å². The van der Waals surface area contributed by atoms with Gasteiger partial charge in [0.05, 0.1) is 5.54 Å². The third-order valence-corrected chi connectivity index (χ3v) is 7.32. The average Bonchev–Trinajstić information content (AvgIpc) is 3.33. The van der Waals surface area contributed by atoms with Crippen molar-refractivity contribution in [3.8, 4) is 22.3 Å². The summed E-state index contributed by atoms with van der Waals surface area (Å²) in [6.07, 6.45) is 11.4. The zero-order chi connectivity index (χ0) is 21.9. The van der Waals surface area contributed by atoms with E-state index in [0.717, 1.165) is 75.8 Å². The first-order valence-electron chi connectivity index (χ1n) is 11.4. The first-order valence-corrected chi connectivity index (χ1v) is 11.4. The highest BCUT2D eigenvalue weighted by Crippen LogP contribution is 2.44. The number of aromatic amines is 1. The van der Waals surface area contributed by atoms with Crippen molar-refractivity contribution in [2.24, 2.45) is 0 Å². The van der Waals surface area contributed by atoms with Gasteiger partial charge < -0.3 is 10.3 Å². The molecule has 1 amide bonds. The van der Waals surface area contributed by atoms with Crippen molar-refractivity contribution in [1.82, 2.24) is 20.3 Å². The van der Waals surface area contributed by atoms with E-state index in [4.69, 9.17) is 4.98 Å². The molecular formula is C27H26N4O. The zero-order valence-electron chi connectivity index (χ0n) is 18.5. The van der Waals surface area contributed by atoms with Crippen molar-refractivity contribution >= 4 is 16.9 Å². The van der Waals surface area contributed by atoms with E-state index in [1.54, 1.807) is 0 Å². The van der Waals surface area contributed by atoms with Gasteiger partial charge in [0.15, 0.2) is 0 Å². The van der Waals surface area contributed by atoms with E-state index in [2.05, 4.69) is 40.4 Å². The number of nitrogens with one attached hydrogen (secondary N) is 2. The molecule has 3 aromatic heterocycles. The molecule has 1 aliphatic carbocycles. The Labute approximate surface area is 187 Å². The Hall–Kier alpha value is -3.47. The summed E-state index contributed by atoms with van der Waals surface area (Å²) in [6.45, 7) is 4.15. The molecule has 2 aliphatic rings. The van der Waals surface area contributed by atoms with Crippen LogP contribution in [0.1, 0.15) is 59.3 Å². The minimum Gasteiger partial charge on any atom is -0.346 e. The SMILES string of the molecule is Cc1ccnc(C)c1-c1cnc2[nH]cc(-c3ccc4c(c3)C3(CCCCC3)NC4=O)c2c1. The highest BCUT2D eigenvalue weighted by Gasteiger charge is 2.43. The van der Waals surface area contributed by atoms with Gasteiger partial charge in [-0.25, -0.2) is 4.98 Å². The van der Waals surface area contributed by atoms with Crippen molar-refractivity contribution in [3.05, 3.63) is 71.3 Å². The number of aryl methyl sites for hydroxylation is 2. The number of pyridine rings is 2.